The number of rotatable bonds is 8. The number of nitrogens with one attached hydrogen (secondary N) is 1. The number of likely N-dealkylation sites (N-methyl/N-ethyl adjacent to an activating group) is 1. The van der Waals surface area contributed by atoms with E-state index >= 15 is 0 Å². The molecule has 1 aromatic carbocycles. The first-order valence-corrected chi connectivity index (χ1v) is 9.14. The average Bonchev–Trinajstić information content (AvgIpc) is 2.62. The minimum absolute atomic E-state index is 0.0894. The van der Waals surface area contributed by atoms with Crippen molar-refractivity contribution in [1.29, 1.82) is 0 Å². The van der Waals surface area contributed by atoms with Gasteiger partial charge in [0.25, 0.3) is 0 Å². The van der Waals surface area contributed by atoms with Crippen molar-refractivity contribution < 1.29 is 14.3 Å². The molecule has 1 amide bonds. The molecule has 0 spiro atoms. The highest BCUT2D eigenvalue weighted by molar-refractivity contribution is 5.83. The van der Waals surface area contributed by atoms with E-state index in [1.807, 2.05) is 25.1 Å². The summed E-state index contributed by atoms with van der Waals surface area (Å²) < 4.78 is 11.6. The maximum Gasteiger partial charge on any atom is 0.244 e. The Labute approximate surface area is 151 Å². The van der Waals surface area contributed by atoms with Crippen LogP contribution in [-0.4, -0.2) is 69.2 Å². The van der Waals surface area contributed by atoms with Crippen LogP contribution in [0.2, 0.25) is 0 Å². The van der Waals surface area contributed by atoms with Crippen molar-refractivity contribution in [1.82, 2.24) is 15.1 Å². The Morgan fingerprint density at radius 3 is 2.52 bits per heavy atom. The zero-order chi connectivity index (χ0) is 18.2. The number of benzene rings is 1. The first-order chi connectivity index (χ1) is 12.1. The fraction of sp³-hybridized carbons (Fsp3) is 0.632. The van der Waals surface area contributed by atoms with Crippen molar-refractivity contribution in [3.8, 4) is 11.5 Å². The van der Waals surface area contributed by atoms with E-state index in [-0.39, 0.29) is 11.9 Å². The summed E-state index contributed by atoms with van der Waals surface area (Å²) in [6.07, 6.45) is 0.940. The fourth-order valence-corrected chi connectivity index (χ4v) is 2.99. The molecular formula is C19H31N3O3. The summed E-state index contributed by atoms with van der Waals surface area (Å²) in [6.45, 7) is 8.73. The van der Waals surface area contributed by atoms with E-state index in [2.05, 4.69) is 17.1 Å². The summed E-state index contributed by atoms with van der Waals surface area (Å²) in [5.74, 6) is 1.54. The summed E-state index contributed by atoms with van der Waals surface area (Å²) in [4.78, 5) is 16.8. The number of ether oxygens (including phenoxy) is 2. The number of nitrogens with zero attached hydrogens (tertiary/aromatic N) is 2. The third-order valence-corrected chi connectivity index (χ3v) is 4.24. The predicted octanol–water partition coefficient (Wildman–Crippen LogP) is 1.91. The molecular weight excluding hydrogens is 318 g/mol. The zero-order valence-electron chi connectivity index (χ0n) is 15.9. The van der Waals surface area contributed by atoms with Crippen LogP contribution in [0.5, 0.6) is 11.5 Å². The van der Waals surface area contributed by atoms with Gasteiger partial charge in [0.05, 0.1) is 13.2 Å². The Kier molecular flexibility index (Phi) is 7.52. The normalized spacial score (nSPS) is 16.3. The van der Waals surface area contributed by atoms with Crippen LogP contribution in [0, 0.1) is 0 Å². The largest absolute Gasteiger partial charge is 0.490 e. The van der Waals surface area contributed by atoms with Gasteiger partial charge in [-0.25, -0.2) is 0 Å². The highest BCUT2D eigenvalue weighted by atomic mass is 16.5. The molecule has 6 heteroatoms. The van der Waals surface area contributed by atoms with Crippen molar-refractivity contribution in [2.24, 2.45) is 0 Å². The SMILES string of the molecule is CCCOc1ccc(C(C(=O)N(C)C)N2CCNCC2)cc1OCC. The fourth-order valence-electron chi connectivity index (χ4n) is 2.99. The molecule has 1 unspecified atom stereocenters. The predicted molar refractivity (Wildman–Crippen MR) is 99.3 cm³/mol. The molecule has 25 heavy (non-hydrogen) atoms. The van der Waals surface area contributed by atoms with Crippen LogP contribution in [-0.2, 0) is 4.79 Å². The Morgan fingerprint density at radius 2 is 1.92 bits per heavy atom. The molecule has 6 nitrogen and oxygen atoms in total. The lowest BCUT2D eigenvalue weighted by atomic mass is 10.0. The summed E-state index contributed by atoms with van der Waals surface area (Å²) >= 11 is 0. The molecule has 140 valence electrons. The third-order valence-electron chi connectivity index (χ3n) is 4.24. The van der Waals surface area contributed by atoms with Crippen LogP contribution in [0.25, 0.3) is 0 Å². The summed E-state index contributed by atoms with van der Waals surface area (Å²) in [6, 6.07) is 5.58. The second-order valence-electron chi connectivity index (χ2n) is 6.41. The van der Waals surface area contributed by atoms with Gasteiger partial charge >= 0.3 is 0 Å². The van der Waals surface area contributed by atoms with Crippen LogP contribution in [0.15, 0.2) is 18.2 Å². The Balaban J connectivity index is 2.34. The summed E-state index contributed by atoms with van der Waals surface area (Å²) in [7, 11) is 3.61. The van der Waals surface area contributed by atoms with E-state index in [9.17, 15) is 4.79 Å². The molecule has 0 saturated carbocycles. The lowest BCUT2D eigenvalue weighted by molar-refractivity contribution is -0.135. The maximum absolute atomic E-state index is 12.9. The quantitative estimate of drug-likeness (QED) is 0.777. The third kappa shape index (κ3) is 5.09. The van der Waals surface area contributed by atoms with Gasteiger partial charge in [-0.05, 0) is 31.0 Å². The van der Waals surface area contributed by atoms with Crippen LogP contribution < -0.4 is 14.8 Å². The number of carbonyl (C=O) groups excluding carboxylic acids is 1. The second-order valence-corrected chi connectivity index (χ2v) is 6.41. The molecule has 1 heterocycles. The van der Waals surface area contributed by atoms with E-state index in [0.29, 0.717) is 19.0 Å². The van der Waals surface area contributed by atoms with Gasteiger partial charge in [0.1, 0.15) is 6.04 Å². The summed E-state index contributed by atoms with van der Waals surface area (Å²) in [5, 5.41) is 3.34. The van der Waals surface area contributed by atoms with E-state index < -0.39 is 0 Å². The molecule has 0 aliphatic carbocycles. The van der Waals surface area contributed by atoms with Gasteiger partial charge < -0.3 is 19.7 Å². The molecule has 0 bridgehead atoms. The standard InChI is InChI=1S/C19H31N3O3/c1-5-13-25-16-8-7-15(14-17(16)24-6-2)18(19(23)21(3)4)22-11-9-20-10-12-22/h7-8,14,18,20H,5-6,9-13H2,1-4H3. The molecule has 1 N–H and O–H groups in total. The monoisotopic (exact) mass is 349 g/mol. The first-order valence-electron chi connectivity index (χ1n) is 9.14. The van der Waals surface area contributed by atoms with Crippen molar-refractivity contribution in [3.05, 3.63) is 23.8 Å². The molecule has 0 aromatic heterocycles. The van der Waals surface area contributed by atoms with Gasteiger partial charge in [-0.3, -0.25) is 9.69 Å². The molecule has 1 atom stereocenters. The highest BCUT2D eigenvalue weighted by Gasteiger charge is 2.30. The van der Waals surface area contributed by atoms with Crippen molar-refractivity contribution in [2.45, 2.75) is 26.3 Å². The van der Waals surface area contributed by atoms with E-state index in [4.69, 9.17) is 9.47 Å². The minimum atomic E-state index is -0.295. The van der Waals surface area contributed by atoms with Crippen molar-refractivity contribution in [3.63, 3.8) is 0 Å². The number of hydrogen-bond acceptors (Lipinski definition) is 5. The number of hydrogen-bond donors (Lipinski definition) is 1. The van der Waals surface area contributed by atoms with Gasteiger partial charge in [0, 0.05) is 40.3 Å². The van der Waals surface area contributed by atoms with E-state index in [1.165, 1.54) is 0 Å². The van der Waals surface area contributed by atoms with E-state index in [0.717, 1.165) is 43.9 Å². The Hall–Kier alpha value is -1.79. The number of amides is 1. The zero-order valence-corrected chi connectivity index (χ0v) is 15.9. The smallest absolute Gasteiger partial charge is 0.244 e. The van der Waals surface area contributed by atoms with Crippen molar-refractivity contribution >= 4 is 5.91 Å². The van der Waals surface area contributed by atoms with Crippen LogP contribution >= 0.6 is 0 Å². The van der Waals surface area contributed by atoms with E-state index in [1.54, 1.807) is 19.0 Å². The molecule has 0 radical (unpaired) electrons. The van der Waals surface area contributed by atoms with Crippen LogP contribution in [0.1, 0.15) is 31.9 Å². The number of carbonyl (C=O) groups is 1. The minimum Gasteiger partial charge on any atom is -0.490 e. The van der Waals surface area contributed by atoms with Gasteiger partial charge in [-0.1, -0.05) is 13.0 Å². The van der Waals surface area contributed by atoms with Gasteiger partial charge in [-0.2, -0.15) is 0 Å². The van der Waals surface area contributed by atoms with Crippen molar-refractivity contribution in [2.75, 3.05) is 53.5 Å². The highest BCUT2D eigenvalue weighted by Crippen LogP contribution is 2.33. The molecule has 1 aliphatic rings. The molecule has 1 aromatic rings. The van der Waals surface area contributed by atoms with Gasteiger partial charge in [0.15, 0.2) is 11.5 Å². The molecule has 1 saturated heterocycles. The number of piperazine rings is 1. The second kappa shape index (κ2) is 9.63. The van der Waals surface area contributed by atoms with Crippen LogP contribution in [0.3, 0.4) is 0 Å². The topological polar surface area (TPSA) is 54.0 Å². The molecule has 2 rings (SSSR count). The Morgan fingerprint density at radius 1 is 1.20 bits per heavy atom. The molecule has 1 fully saturated rings. The summed E-state index contributed by atoms with van der Waals surface area (Å²) in [5.41, 5.74) is 0.952. The Bertz CT molecular complexity index is 557. The lowest BCUT2D eigenvalue weighted by Gasteiger charge is -2.35. The van der Waals surface area contributed by atoms with Gasteiger partial charge in [0.2, 0.25) is 5.91 Å². The van der Waals surface area contributed by atoms with Crippen LogP contribution in [0.4, 0.5) is 0 Å². The lowest BCUT2D eigenvalue weighted by Crippen LogP contribution is -2.49. The maximum atomic E-state index is 12.9. The molecule has 1 aliphatic heterocycles. The first kappa shape index (κ1) is 19.5. The average molecular weight is 349 g/mol. The van der Waals surface area contributed by atoms with Gasteiger partial charge in [-0.15, -0.1) is 0 Å².